The van der Waals surface area contributed by atoms with E-state index in [0.29, 0.717) is 0 Å². The second-order valence-corrected chi connectivity index (χ2v) is 14.9. The third kappa shape index (κ3) is 6.92. The molecule has 0 aromatic carbocycles. The fourth-order valence-corrected chi connectivity index (χ4v) is 4.33. The molecule has 0 saturated carbocycles. The molecule has 0 aliphatic heterocycles. The lowest BCUT2D eigenvalue weighted by molar-refractivity contribution is -0.144. The number of nitrogens with one attached hydrogen (secondary N) is 1. The molecule has 0 unspecified atom stereocenters. The Kier molecular flexibility index (Phi) is 7.93. The van der Waals surface area contributed by atoms with Crippen molar-refractivity contribution >= 4 is 20.4 Å². The van der Waals surface area contributed by atoms with Gasteiger partial charge in [0.05, 0.1) is 13.2 Å². The quantitative estimate of drug-likeness (QED) is 0.398. The Morgan fingerprint density at radius 3 is 2.14 bits per heavy atom. The molecule has 1 aliphatic rings. The summed E-state index contributed by atoms with van der Waals surface area (Å²) in [7, 11) is -0.548. The van der Waals surface area contributed by atoms with Gasteiger partial charge in [-0.2, -0.15) is 0 Å². The summed E-state index contributed by atoms with van der Waals surface area (Å²) >= 11 is 0. The zero-order valence-electron chi connectivity index (χ0n) is 19.3. The zero-order chi connectivity index (χ0) is 21.9. The van der Waals surface area contributed by atoms with E-state index in [1.165, 1.54) is 7.11 Å². The Hall–Kier alpha value is -1.34. The van der Waals surface area contributed by atoms with Gasteiger partial charge in [0.1, 0.15) is 11.6 Å². The minimum Gasteiger partial charge on any atom is -0.467 e. The Labute approximate surface area is 171 Å². The minimum absolute atomic E-state index is 0.0389. The van der Waals surface area contributed by atoms with Gasteiger partial charge in [0.25, 0.3) is 0 Å². The predicted molar refractivity (Wildman–Crippen MR) is 114 cm³/mol. The minimum atomic E-state index is -1.88. The molecule has 1 aliphatic carbocycles. The number of hydrogen-bond acceptors (Lipinski definition) is 5. The topological polar surface area (TPSA) is 73.9 Å². The van der Waals surface area contributed by atoms with Gasteiger partial charge in [0.2, 0.25) is 0 Å². The first-order valence-corrected chi connectivity index (χ1v) is 12.9. The summed E-state index contributed by atoms with van der Waals surface area (Å²) in [6.07, 6.45) is 3.06. The molecule has 0 fully saturated rings. The summed E-state index contributed by atoms with van der Waals surface area (Å²) in [5.41, 5.74) is 0.394. The van der Waals surface area contributed by atoms with Crippen molar-refractivity contribution < 1.29 is 23.5 Å². The first kappa shape index (κ1) is 24.7. The highest BCUT2D eigenvalue weighted by Crippen LogP contribution is 2.39. The van der Waals surface area contributed by atoms with Crippen LogP contribution in [-0.2, 0) is 18.7 Å². The average molecular weight is 414 g/mol. The number of carbonyl (C=O) groups is 2. The highest BCUT2D eigenvalue weighted by atomic mass is 28.4. The number of ether oxygens (including phenoxy) is 2. The van der Waals surface area contributed by atoms with Gasteiger partial charge in [0, 0.05) is 5.92 Å². The predicted octanol–water partition coefficient (Wildman–Crippen LogP) is 4.80. The van der Waals surface area contributed by atoms with Crippen LogP contribution in [0.15, 0.2) is 11.6 Å². The van der Waals surface area contributed by atoms with Crippen LogP contribution in [0.1, 0.15) is 61.3 Å². The molecule has 0 saturated heterocycles. The number of amides is 1. The molecular formula is C21H39NO5Si. The van der Waals surface area contributed by atoms with Crippen molar-refractivity contribution in [1.82, 2.24) is 5.32 Å². The monoisotopic (exact) mass is 413 g/mol. The number of methoxy groups -OCH3 is 1. The second kappa shape index (κ2) is 8.99. The summed E-state index contributed by atoms with van der Waals surface area (Å²) in [6, 6.07) is -0.773. The van der Waals surface area contributed by atoms with Crippen LogP contribution in [0, 0.1) is 5.92 Å². The van der Waals surface area contributed by atoms with Crippen LogP contribution in [0.3, 0.4) is 0 Å². The van der Waals surface area contributed by atoms with Crippen LogP contribution < -0.4 is 5.32 Å². The van der Waals surface area contributed by atoms with Gasteiger partial charge >= 0.3 is 12.1 Å². The second-order valence-electron chi connectivity index (χ2n) is 10.2. The van der Waals surface area contributed by atoms with Gasteiger partial charge in [-0.15, -0.1) is 0 Å². The molecule has 0 aromatic rings. The molecule has 0 bridgehead atoms. The molecule has 1 amide bonds. The van der Waals surface area contributed by atoms with Gasteiger partial charge < -0.3 is 19.2 Å². The molecule has 1 N–H and O–H groups in total. The van der Waals surface area contributed by atoms with E-state index >= 15 is 0 Å². The fraction of sp³-hybridized carbons (Fsp3) is 0.810. The van der Waals surface area contributed by atoms with E-state index in [2.05, 4.69) is 45.3 Å². The standard InChI is InChI=1S/C21H39NO5Si/c1-14-13-15(27-28(9,10)21(5,6)7)11-12-16(14)17(18(23)25-8)22-19(24)26-20(2,3)4/h13,15-17H,11-12H2,1-10H3,(H,22,24)/t15-,16+,17+/m0/s1. The first-order chi connectivity index (χ1) is 12.6. The molecule has 0 radical (unpaired) electrons. The molecule has 28 heavy (non-hydrogen) atoms. The van der Waals surface area contributed by atoms with Crippen molar-refractivity contribution in [2.24, 2.45) is 5.92 Å². The fourth-order valence-electron chi connectivity index (χ4n) is 3.03. The molecule has 7 heteroatoms. The van der Waals surface area contributed by atoms with Crippen LogP contribution in [0.25, 0.3) is 0 Å². The summed E-state index contributed by atoms with van der Waals surface area (Å²) < 4.78 is 16.8. The molecule has 162 valence electrons. The van der Waals surface area contributed by atoms with Gasteiger partial charge in [-0.3, -0.25) is 0 Å². The molecule has 0 spiro atoms. The molecule has 6 nitrogen and oxygen atoms in total. The SMILES string of the molecule is COC(=O)[C@H](NC(=O)OC(C)(C)C)[C@@H]1CC[C@H](O[Si](C)(C)C(C)(C)C)C=C1C. The van der Waals surface area contributed by atoms with Crippen molar-refractivity contribution in [2.75, 3.05) is 7.11 Å². The lowest BCUT2D eigenvalue weighted by Gasteiger charge is -2.41. The Bertz CT molecular complexity index is 601. The lowest BCUT2D eigenvalue weighted by Crippen LogP contribution is -2.50. The first-order valence-electron chi connectivity index (χ1n) is 10.0. The van der Waals surface area contributed by atoms with Crippen molar-refractivity contribution in [3.05, 3.63) is 11.6 Å². The molecule has 3 atom stereocenters. The number of esters is 1. The molecule has 1 rings (SSSR count). The number of carbonyl (C=O) groups excluding carboxylic acids is 2. The lowest BCUT2D eigenvalue weighted by atomic mass is 9.82. The normalized spacial score (nSPS) is 22.1. The smallest absolute Gasteiger partial charge is 0.408 e. The summed E-state index contributed by atoms with van der Waals surface area (Å²) in [6.45, 7) is 18.5. The summed E-state index contributed by atoms with van der Waals surface area (Å²) in [4.78, 5) is 24.6. The van der Waals surface area contributed by atoms with Crippen molar-refractivity contribution in [3.63, 3.8) is 0 Å². The van der Waals surface area contributed by atoms with Gasteiger partial charge in [-0.25, -0.2) is 9.59 Å². The third-order valence-corrected chi connectivity index (χ3v) is 10.1. The summed E-state index contributed by atoms with van der Waals surface area (Å²) in [5.74, 6) is -0.605. The Morgan fingerprint density at radius 2 is 1.71 bits per heavy atom. The van der Waals surface area contributed by atoms with Crippen molar-refractivity contribution in [1.29, 1.82) is 0 Å². The Balaban J connectivity index is 2.94. The third-order valence-electron chi connectivity index (χ3n) is 5.58. The van der Waals surface area contributed by atoms with E-state index in [0.717, 1.165) is 18.4 Å². The molecule has 0 heterocycles. The van der Waals surface area contributed by atoms with E-state index in [1.54, 1.807) is 20.8 Å². The van der Waals surface area contributed by atoms with Gasteiger partial charge in [0.15, 0.2) is 8.32 Å². The average Bonchev–Trinajstić information content (AvgIpc) is 2.49. The highest BCUT2D eigenvalue weighted by molar-refractivity contribution is 6.74. The van der Waals surface area contributed by atoms with E-state index in [1.807, 2.05) is 6.92 Å². The molecular weight excluding hydrogens is 374 g/mol. The van der Waals surface area contributed by atoms with E-state index in [4.69, 9.17) is 13.9 Å². The van der Waals surface area contributed by atoms with Crippen LogP contribution in [-0.4, -0.2) is 45.2 Å². The Morgan fingerprint density at radius 1 is 1.14 bits per heavy atom. The van der Waals surface area contributed by atoms with Crippen molar-refractivity contribution in [3.8, 4) is 0 Å². The number of rotatable bonds is 5. The van der Waals surface area contributed by atoms with Gasteiger partial charge in [-0.05, 0) is 58.7 Å². The van der Waals surface area contributed by atoms with Crippen LogP contribution in [0.5, 0.6) is 0 Å². The van der Waals surface area contributed by atoms with E-state index in [-0.39, 0.29) is 17.1 Å². The maximum atomic E-state index is 12.4. The van der Waals surface area contributed by atoms with Crippen molar-refractivity contribution in [2.45, 2.75) is 97.2 Å². The molecule has 0 aromatic heterocycles. The largest absolute Gasteiger partial charge is 0.467 e. The van der Waals surface area contributed by atoms with Crippen LogP contribution >= 0.6 is 0 Å². The van der Waals surface area contributed by atoms with Crippen LogP contribution in [0.2, 0.25) is 18.1 Å². The highest BCUT2D eigenvalue weighted by Gasteiger charge is 2.41. The maximum Gasteiger partial charge on any atom is 0.408 e. The van der Waals surface area contributed by atoms with E-state index < -0.39 is 32.0 Å². The number of hydrogen-bond donors (Lipinski definition) is 1. The van der Waals surface area contributed by atoms with E-state index in [9.17, 15) is 9.59 Å². The zero-order valence-corrected chi connectivity index (χ0v) is 20.3. The van der Waals surface area contributed by atoms with Gasteiger partial charge in [-0.1, -0.05) is 32.4 Å². The maximum absolute atomic E-state index is 12.4. The summed E-state index contributed by atoms with van der Waals surface area (Å²) in [5, 5.41) is 2.84. The number of alkyl carbamates (subject to hydrolysis) is 1. The van der Waals surface area contributed by atoms with Crippen LogP contribution in [0.4, 0.5) is 4.79 Å².